The lowest BCUT2D eigenvalue weighted by atomic mass is 10.2. The first-order chi connectivity index (χ1) is 6.24. The summed E-state index contributed by atoms with van der Waals surface area (Å²) in [5.41, 5.74) is 0.612. The minimum atomic E-state index is 0.612. The van der Waals surface area contributed by atoms with E-state index in [1.165, 1.54) is 0 Å². The van der Waals surface area contributed by atoms with E-state index >= 15 is 0 Å². The summed E-state index contributed by atoms with van der Waals surface area (Å²) in [7, 11) is 0. The number of benzene rings is 1. The van der Waals surface area contributed by atoms with Gasteiger partial charge in [-0.15, -0.1) is 24.0 Å². The van der Waals surface area contributed by atoms with E-state index < -0.39 is 0 Å². The smallest absolute Gasteiger partial charge is 0.100 e. The van der Waals surface area contributed by atoms with Gasteiger partial charge in [0.25, 0.3) is 0 Å². The highest BCUT2D eigenvalue weighted by atomic mass is 79.9. The van der Waals surface area contributed by atoms with Gasteiger partial charge in [-0.3, -0.25) is 0 Å². The molecule has 0 amide bonds. The normalized spacial score (nSPS) is 10.2. The van der Waals surface area contributed by atoms with Gasteiger partial charge in [-0.2, -0.15) is 5.26 Å². The zero-order valence-corrected chi connectivity index (χ0v) is 9.71. The largest absolute Gasteiger partial charge is 0.192 e. The van der Waals surface area contributed by atoms with Gasteiger partial charge in [0, 0.05) is 14.1 Å². The number of thiol groups is 1. The Morgan fingerprint density at radius 3 is 3.00 bits per heavy atom. The molecular weight excluding hydrogens is 266 g/mol. The summed E-state index contributed by atoms with van der Waals surface area (Å²) in [6.07, 6.45) is 0. The third-order valence-electron chi connectivity index (χ3n) is 1.78. The minimum absolute atomic E-state index is 0.612. The van der Waals surface area contributed by atoms with Crippen LogP contribution in [-0.4, -0.2) is 0 Å². The molecule has 0 atom stereocenters. The fraction of sp³-hybridized carbons (Fsp3) is 0. The van der Waals surface area contributed by atoms with Gasteiger partial charge in [-0.05, 0) is 38.8 Å². The molecule has 1 aromatic heterocycles. The maximum atomic E-state index is 8.82. The van der Waals surface area contributed by atoms with E-state index in [1.54, 1.807) is 11.3 Å². The van der Waals surface area contributed by atoms with Crippen molar-refractivity contribution in [2.24, 2.45) is 0 Å². The summed E-state index contributed by atoms with van der Waals surface area (Å²) >= 11 is 9.36. The van der Waals surface area contributed by atoms with E-state index in [4.69, 9.17) is 5.26 Å². The molecule has 64 valence electrons. The van der Waals surface area contributed by atoms with Crippen molar-refractivity contribution in [3.63, 3.8) is 0 Å². The molecule has 4 heteroatoms. The van der Waals surface area contributed by atoms with Crippen molar-refractivity contribution in [1.29, 1.82) is 5.26 Å². The Morgan fingerprint density at radius 1 is 1.54 bits per heavy atom. The summed E-state index contributed by atoms with van der Waals surface area (Å²) in [5.74, 6) is 0. The van der Waals surface area contributed by atoms with Crippen LogP contribution in [0.2, 0.25) is 0 Å². The number of thiophene rings is 1. The fourth-order valence-electron chi connectivity index (χ4n) is 1.15. The molecular formula is C9H4BrNS2. The zero-order chi connectivity index (χ0) is 9.42. The highest BCUT2D eigenvalue weighted by Crippen LogP contribution is 2.35. The van der Waals surface area contributed by atoms with E-state index in [9.17, 15) is 0 Å². The summed E-state index contributed by atoms with van der Waals surface area (Å²) in [6.45, 7) is 0. The van der Waals surface area contributed by atoms with Crippen LogP contribution in [-0.2, 0) is 0 Å². The van der Waals surface area contributed by atoms with Crippen LogP contribution in [0, 0.1) is 11.3 Å². The van der Waals surface area contributed by atoms with E-state index in [-0.39, 0.29) is 0 Å². The van der Waals surface area contributed by atoms with Crippen molar-refractivity contribution in [3.05, 3.63) is 27.5 Å². The highest BCUT2D eigenvalue weighted by molar-refractivity contribution is 9.10. The van der Waals surface area contributed by atoms with Gasteiger partial charge >= 0.3 is 0 Å². The van der Waals surface area contributed by atoms with Crippen LogP contribution in [0.5, 0.6) is 0 Å². The van der Waals surface area contributed by atoms with Crippen LogP contribution in [0.4, 0.5) is 0 Å². The monoisotopic (exact) mass is 269 g/mol. The number of hydrogen-bond acceptors (Lipinski definition) is 3. The number of halogens is 1. The second kappa shape index (κ2) is 3.33. The molecule has 13 heavy (non-hydrogen) atoms. The topological polar surface area (TPSA) is 23.8 Å². The SMILES string of the molecule is N#Cc1cc2ccsc2c(Br)c1S. The van der Waals surface area contributed by atoms with E-state index in [2.05, 4.69) is 34.6 Å². The maximum absolute atomic E-state index is 8.82. The quantitative estimate of drug-likeness (QED) is 0.723. The van der Waals surface area contributed by atoms with Crippen molar-refractivity contribution in [2.45, 2.75) is 4.90 Å². The molecule has 0 radical (unpaired) electrons. The summed E-state index contributed by atoms with van der Waals surface area (Å²) in [6, 6.07) is 5.98. The first-order valence-corrected chi connectivity index (χ1v) is 5.65. The first kappa shape index (κ1) is 9.07. The van der Waals surface area contributed by atoms with Crippen molar-refractivity contribution in [3.8, 4) is 6.07 Å². The Kier molecular flexibility index (Phi) is 2.33. The van der Waals surface area contributed by atoms with Gasteiger partial charge < -0.3 is 0 Å². The fourth-order valence-corrected chi connectivity index (χ4v) is 2.99. The second-order valence-corrected chi connectivity index (χ2v) is 4.69. The Balaban J connectivity index is 2.94. The van der Waals surface area contributed by atoms with Gasteiger partial charge in [0.1, 0.15) is 6.07 Å². The highest BCUT2D eigenvalue weighted by Gasteiger charge is 2.08. The van der Waals surface area contributed by atoms with E-state index in [0.717, 1.165) is 19.5 Å². The van der Waals surface area contributed by atoms with Gasteiger partial charge in [0.15, 0.2) is 0 Å². The van der Waals surface area contributed by atoms with Crippen molar-refractivity contribution >= 4 is 50.0 Å². The molecule has 0 saturated heterocycles. The Hall–Kier alpha value is -0.500. The van der Waals surface area contributed by atoms with Crippen molar-refractivity contribution in [1.82, 2.24) is 0 Å². The summed E-state index contributed by atoms with van der Waals surface area (Å²) in [4.78, 5) is 0.720. The van der Waals surface area contributed by atoms with E-state index in [0.29, 0.717) is 5.56 Å². The molecule has 0 aliphatic carbocycles. The molecule has 1 aromatic carbocycles. The third-order valence-corrected chi connectivity index (χ3v) is 4.55. The van der Waals surface area contributed by atoms with Gasteiger partial charge in [-0.1, -0.05) is 0 Å². The second-order valence-electron chi connectivity index (χ2n) is 2.54. The minimum Gasteiger partial charge on any atom is -0.192 e. The molecule has 0 fully saturated rings. The maximum Gasteiger partial charge on any atom is 0.100 e. The Morgan fingerprint density at radius 2 is 2.31 bits per heavy atom. The van der Waals surface area contributed by atoms with Gasteiger partial charge in [-0.25, -0.2) is 0 Å². The third kappa shape index (κ3) is 1.37. The molecule has 2 aromatic rings. The van der Waals surface area contributed by atoms with Gasteiger partial charge in [0.2, 0.25) is 0 Å². The molecule has 0 N–H and O–H groups in total. The summed E-state index contributed by atoms with van der Waals surface area (Å²) < 4.78 is 2.06. The van der Waals surface area contributed by atoms with Crippen molar-refractivity contribution in [2.75, 3.05) is 0 Å². The summed E-state index contributed by atoms with van der Waals surface area (Å²) in [5, 5.41) is 11.9. The average molecular weight is 270 g/mol. The molecule has 0 unspecified atom stereocenters. The molecule has 1 nitrogen and oxygen atoms in total. The molecule has 2 rings (SSSR count). The molecule has 0 aliphatic rings. The lowest BCUT2D eigenvalue weighted by Gasteiger charge is -2.00. The Labute approximate surface area is 93.5 Å². The number of fused-ring (bicyclic) bond motifs is 1. The number of nitriles is 1. The Bertz CT molecular complexity index is 510. The van der Waals surface area contributed by atoms with Crippen LogP contribution in [0.3, 0.4) is 0 Å². The first-order valence-electron chi connectivity index (χ1n) is 3.53. The standard InChI is InChI=1S/C9H4BrNS2/c10-7-8(12)6(4-11)3-5-1-2-13-9(5)7/h1-3,12H. The van der Waals surface area contributed by atoms with Gasteiger partial charge in [0.05, 0.1) is 5.56 Å². The van der Waals surface area contributed by atoms with Crippen LogP contribution in [0.1, 0.15) is 5.56 Å². The van der Waals surface area contributed by atoms with Crippen LogP contribution in [0.25, 0.3) is 10.1 Å². The van der Waals surface area contributed by atoms with Crippen molar-refractivity contribution < 1.29 is 0 Å². The number of nitrogens with zero attached hydrogens (tertiary/aromatic N) is 1. The molecule has 1 heterocycles. The molecule has 0 spiro atoms. The zero-order valence-electron chi connectivity index (χ0n) is 6.41. The van der Waals surface area contributed by atoms with Crippen LogP contribution in [0.15, 0.2) is 26.9 Å². The van der Waals surface area contributed by atoms with Crippen LogP contribution >= 0.6 is 39.9 Å². The molecule has 0 bridgehead atoms. The average Bonchev–Trinajstić information content (AvgIpc) is 2.59. The predicted molar refractivity (Wildman–Crippen MR) is 61.5 cm³/mol. The predicted octanol–water partition coefficient (Wildman–Crippen LogP) is 3.82. The molecule has 0 aliphatic heterocycles. The van der Waals surface area contributed by atoms with Crippen LogP contribution < -0.4 is 0 Å². The lowest BCUT2D eigenvalue weighted by molar-refractivity contribution is 1.38. The number of rotatable bonds is 0. The number of hydrogen-bond donors (Lipinski definition) is 1. The molecule has 0 saturated carbocycles. The van der Waals surface area contributed by atoms with E-state index in [1.807, 2.05) is 17.5 Å². The lowest BCUT2D eigenvalue weighted by Crippen LogP contribution is -1.79.